The van der Waals surface area contributed by atoms with Crippen molar-refractivity contribution < 1.29 is 18.3 Å². The van der Waals surface area contributed by atoms with Gasteiger partial charge < -0.3 is 5.11 Å². The third-order valence-corrected chi connectivity index (χ3v) is 2.75. The molecular formula is C10H15F3O. The van der Waals surface area contributed by atoms with Gasteiger partial charge in [-0.15, -0.1) is 0 Å². The summed E-state index contributed by atoms with van der Waals surface area (Å²) in [4.78, 5) is 0. The molecule has 0 aromatic carbocycles. The number of aliphatic hydroxyl groups excluding tert-OH is 1. The highest BCUT2D eigenvalue weighted by atomic mass is 19.4. The molecule has 0 heterocycles. The summed E-state index contributed by atoms with van der Waals surface area (Å²) in [5.41, 5.74) is 0. The fraction of sp³-hybridized carbons (Fsp3) is 0.800. The Labute approximate surface area is 81.6 Å². The van der Waals surface area contributed by atoms with Gasteiger partial charge in [-0.05, 0) is 31.6 Å². The second-order valence-electron chi connectivity index (χ2n) is 3.76. The molecule has 1 nitrogen and oxygen atoms in total. The molecule has 0 aromatic rings. The summed E-state index contributed by atoms with van der Waals surface area (Å²) < 4.78 is 36.8. The van der Waals surface area contributed by atoms with Crippen LogP contribution in [0.2, 0.25) is 0 Å². The molecule has 0 radical (unpaired) electrons. The van der Waals surface area contributed by atoms with Gasteiger partial charge >= 0.3 is 6.18 Å². The van der Waals surface area contributed by atoms with E-state index < -0.39 is 12.1 Å². The SMILES string of the molecule is OC/C=C/C1CCC(C(F)(F)F)CC1. The van der Waals surface area contributed by atoms with E-state index in [4.69, 9.17) is 5.11 Å². The molecule has 4 heteroatoms. The summed E-state index contributed by atoms with van der Waals surface area (Å²) in [6.07, 6.45) is 1.03. The highest BCUT2D eigenvalue weighted by Crippen LogP contribution is 2.39. The van der Waals surface area contributed by atoms with E-state index in [-0.39, 0.29) is 25.4 Å². The first-order chi connectivity index (χ1) is 6.54. The Morgan fingerprint density at radius 2 is 1.71 bits per heavy atom. The van der Waals surface area contributed by atoms with Gasteiger partial charge in [-0.2, -0.15) is 13.2 Å². The molecule has 0 bridgehead atoms. The Morgan fingerprint density at radius 1 is 1.14 bits per heavy atom. The largest absolute Gasteiger partial charge is 0.392 e. The third-order valence-electron chi connectivity index (χ3n) is 2.75. The van der Waals surface area contributed by atoms with E-state index in [0.29, 0.717) is 12.8 Å². The molecule has 1 aliphatic carbocycles. The molecule has 0 aliphatic heterocycles. The molecule has 0 amide bonds. The van der Waals surface area contributed by atoms with Gasteiger partial charge in [0.2, 0.25) is 0 Å². The smallest absolute Gasteiger partial charge is 0.391 e. The molecule has 0 saturated heterocycles. The van der Waals surface area contributed by atoms with Crippen LogP contribution in [0.25, 0.3) is 0 Å². The monoisotopic (exact) mass is 208 g/mol. The van der Waals surface area contributed by atoms with Crippen LogP contribution in [0.15, 0.2) is 12.2 Å². The summed E-state index contributed by atoms with van der Waals surface area (Å²) in [5, 5.41) is 8.51. The predicted molar refractivity (Wildman–Crippen MR) is 47.7 cm³/mol. The molecule has 14 heavy (non-hydrogen) atoms. The minimum atomic E-state index is -4.02. The van der Waals surface area contributed by atoms with Crippen LogP contribution in [0.3, 0.4) is 0 Å². The second-order valence-corrected chi connectivity index (χ2v) is 3.76. The highest BCUT2D eigenvalue weighted by Gasteiger charge is 2.40. The minimum absolute atomic E-state index is 0.0286. The van der Waals surface area contributed by atoms with Crippen LogP contribution in [-0.4, -0.2) is 17.9 Å². The van der Waals surface area contributed by atoms with Crippen LogP contribution >= 0.6 is 0 Å². The minimum Gasteiger partial charge on any atom is -0.392 e. The fourth-order valence-electron chi connectivity index (χ4n) is 1.89. The topological polar surface area (TPSA) is 20.2 Å². The van der Waals surface area contributed by atoms with Crippen LogP contribution in [0.1, 0.15) is 25.7 Å². The lowest BCUT2D eigenvalue weighted by atomic mass is 9.81. The highest BCUT2D eigenvalue weighted by molar-refractivity contribution is 4.91. The first-order valence-corrected chi connectivity index (χ1v) is 4.88. The van der Waals surface area contributed by atoms with Crippen molar-refractivity contribution in [3.8, 4) is 0 Å². The van der Waals surface area contributed by atoms with E-state index in [1.165, 1.54) is 0 Å². The number of halogens is 3. The zero-order valence-electron chi connectivity index (χ0n) is 7.93. The van der Waals surface area contributed by atoms with Crippen molar-refractivity contribution in [2.75, 3.05) is 6.61 Å². The Morgan fingerprint density at radius 3 is 2.14 bits per heavy atom. The number of rotatable bonds is 2. The number of alkyl halides is 3. The first-order valence-electron chi connectivity index (χ1n) is 4.88. The molecule has 82 valence electrons. The fourth-order valence-corrected chi connectivity index (χ4v) is 1.89. The average molecular weight is 208 g/mol. The van der Waals surface area contributed by atoms with Crippen molar-refractivity contribution in [1.82, 2.24) is 0 Å². The molecular weight excluding hydrogens is 193 g/mol. The van der Waals surface area contributed by atoms with E-state index in [1.807, 2.05) is 6.08 Å². The molecule has 1 saturated carbocycles. The van der Waals surface area contributed by atoms with Gasteiger partial charge in [0.15, 0.2) is 0 Å². The van der Waals surface area contributed by atoms with E-state index >= 15 is 0 Å². The first kappa shape index (κ1) is 11.6. The Balaban J connectivity index is 2.35. The summed E-state index contributed by atoms with van der Waals surface area (Å²) in [5.74, 6) is -0.887. The Bertz CT molecular complexity index is 190. The van der Waals surface area contributed by atoms with Crippen LogP contribution in [0.4, 0.5) is 13.2 Å². The maximum Gasteiger partial charge on any atom is 0.391 e. The summed E-state index contributed by atoms with van der Waals surface area (Å²) in [6, 6.07) is 0. The standard InChI is InChI=1S/C10H15F3O/c11-10(12,13)9-5-3-8(4-6-9)2-1-7-14/h1-2,8-9,14H,3-7H2/b2-1+. The van der Waals surface area contributed by atoms with E-state index in [2.05, 4.69) is 0 Å². The zero-order valence-corrected chi connectivity index (χ0v) is 7.93. The molecule has 1 N–H and O–H groups in total. The van der Waals surface area contributed by atoms with Gasteiger partial charge in [0.1, 0.15) is 0 Å². The predicted octanol–water partition coefficient (Wildman–Crippen LogP) is 2.90. The molecule has 0 spiro atoms. The van der Waals surface area contributed by atoms with Gasteiger partial charge in [-0.1, -0.05) is 12.2 Å². The molecule has 1 aliphatic rings. The molecule has 1 fully saturated rings. The third kappa shape index (κ3) is 3.33. The molecule has 0 aromatic heterocycles. The van der Waals surface area contributed by atoms with E-state index in [9.17, 15) is 13.2 Å². The average Bonchev–Trinajstić information content (AvgIpc) is 2.14. The van der Waals surface area contributed by atoms with E-state index in [0.717, 1.165) is 0 Å². The molecule has 1 rings (SSSR count). The maximum absolute atomic E-state index is 12.3. The van der Waals surface area contributed by atoms with Crippen LogP contribution in [0, 0.1) is 11.8 Å². The lowest BCUT2D eigenvalue weighted by molar-refractivity contribution is -0.183. The van der Waals surface area contributed by atoms with Crippen LogP contribution in [0.5, 0.6) is 0 Å². The number of allylic oxidation sites excluding steroid dienone is 1. The van der Waals surface area contributed by atoms with Crippen molar-refractivity contribution in [3.63, 3.8) is 0 Å². The lowest BCUT2D eigenvalue weighted by Gasteiger charge is -2.28. The van der Waals surface area contributed by atoms with Crippen molar-refractivity contribution in [1.29, 1.82) is 0 Å². The normalized spacial score (nSPS) is 29.7. The molecule has 0 unspecified atom stereocenters. The van der Waals surface area contributed by atoms with Gasteiger partial charge in [-0.25, -0.2) is 0 Å². The number of aliphatic hydroxyl groups is 1. The van der Waals surface area contributed by atoms with Crippen molar-refractivity contribution >= 4 is 0 Å². The van der Waals surface area contributed by atoms with Crippen LogP contribution < -0.4 is 0 Å². The number of hydrogen-bond acceptors (Lipinski definition) is 1. The number of hydrogen-bond donors (Lipinski definition) is 1. The summed E-state index contributed by atoms with van der Waals surface area (Å²) in [7, 11) is 0. The second kappa shape index (κ2) is 4.82. The van der Waals surface area contributed by atoms with Gasteiger partial charge in [0.05, 0.1) is 12.5 Å². The molecule has 0 atom stereocenters. The Hall–Kier alpha value is -0.510. The summed E-state index contributed by atoms with van der Waals surface area (Å²) >= 11 is 0. The van der Waals surface area contributed by atoms with Crippen molar-refractivity contribution in [2.45, 2.75) is 31.9 Å². The van der Waals surface area contributed by atoms with Crippen molar-refractivity contribution in [3.05, 3.63) is 12.2 Å². The Kier molecular flexibility index (Phi) is 3.98. The van der Waals surface area contributed by atoms with E-state index in [1.54, 1.807) is 6.08 Å². The van der Waals surface area contributed by atoms with Gasteiger partial charge in [0, 0.05) is 0 Å². The van der Waals surface area contributed by atoms with Crippen LogP contribution in [-0.2, 0) is 0 Å². The van der Waals surface area contributed by atoms with Crippen molar-refractivity contribution in [2.24, 2.45) is 11.8 Å². The van der Waals surface area contributed by atoms with Gasteiger partial charge in [0.25, 0.3) is 0 Å². The summed E-state index contributed by atoms with van der Waals surface area (Å²) in [6.45, 7) is -0.0286. The maximum atomic E-state index is 12.3. The quantitative estimate of drug-likeness (QED) is 0.692. The zero-order chi connectivity index (χ0) is 10.6. The van der Waals surface area contributed by atoms with Gasteiger partial charge in [-0.3, -0.25) is 0 Å². The lowest BCUT2D eigenvalue weighted by Crippen LogP contribution is -2.27.